The van der Waals surface area contributed by atoms with Crippen LogP contribution in [-0.2, 0) is 35.2 Å². The summed E-state index contributed by atoms with van der Waals surface area (Å²) in [7, 11) is 0. The van der Waals surface area contributed by atoms with Crippen LogP contribution < -0.4 is 10.9 Å². The molecule has 2 aromatic heterocycles. The lowest BCUT2D eigenvalue weighted by Gasteiger charge is -2.26. The highest BCUT2D eigenvalue weighted by Gasteiger charge is 2.25. The summed E-state index contributed by atoms with van der Waals surface area (Å²) in [6.07, 6.45) is 7.30. The average Bonchev–Trinajstić information content (AvgIpc) is 2.82. The fourth-order valence-electron chi connectivity index (χ4n) is 3.55. The predicted octanol–water partition coefficient (Wildman–Crippen LogP) is 3.90. The van der Waals surface area contributed by atoms with Gasteiger partial charge in [-0.05, 0) is 65.3 Å². The van der Waals surface area contributed by atoms with E-state index in [4.69, 9.17) is 8.83 Å². The molecule has 0 spiro atoms. The Bertz CT molecular complexity index is 1080. The topological polar surface area (TPSA) is 147 Å². The van der Waals surface area contributed by atoms with Crippen LogP contribution in [0.4, 0.5) is 0 Å². The summed E-state index contributed by atoms with van der Waals surface area (Å²) >= 11 is -2.14. The van der Waals surface area contributed by atoms with E-state index in [0.29, 0.717) is 60.0 Å². The molecule has 2 rings (SSSR count). The van der Waals surface area contributed by atoms with Gasteiger partial charge >= 0.3 is 0 Å². The highest BCUT2D eigenvalue weighted by Crippen LogP contribution is 2.29. The Kier molecular flexibility index (Phi) is 11.5. The summed E-state index contributed by atoms with van der Waals surface area (Å²) in [4.78, 5) is 23.5. The van der Waals surface area contributed by atoms with E-state index in [1.165, 1.54) is 12.3 Å². The molecule has 0 fully saturated rings. The molecule has 2 atom stereocenters. The van der Waals surface area contributed by atoms with Gasteiger partial charge in [-0.1, -0.05) is 27.7 Å². The molecule has 0 amide bonds. The Labute approximate surface area is 218 Å². The van der Waals surface area contributed by atoms with Crippen molar-refractivity contribution >= 4 is 22.4 Å². The summed E-state index contributed by atoms with van der Waals surface area (Å²) < 4.78 is 35.2. The molecule has 2 unspecified atom stereocenters. The molecular weight excluding hydrogens is 504 g/mol. The second kappa shape index (κ2) is 13.6. The van der Waals surface area contributed by atoms with Crippen molar-refractivity contribution in [1.29, 1.82) is 0 Å². The van der Waals surface area contributed by atoms with Crippen molar-refractivity contribution in [3.8, 4) is 11.5 Å². The zero-order chi connectivity index (χ0) is 26.9. The van der Waals surface area contributed by atoms with Gasteiger partial charge in [0.05, 0.1) is 6.26 Å². The molecule has 0 aromatic carbocycles. The first-order valence-corrected chi connectivity index (χ1v) is 15.0. The van der Waals surface area contributed by atoms with Crippen LogP contribution in [-0.4, -0.2) is 42.3 Å². The molecule has 0 aliphatic heterocycles. The van der Waals surface area contributed by atoms with E-state index in [1.54, 1.807) is 0 Å². The van der Waals surface area contributed by atoms with Crippen molar-refractivity contribution in [3.05, 3.63) is 56.6 Å². The summed E-state index contributed by atoms with van der Waals surface area (Å²) in [5.41, 5.74) is -0.709. The highest BCUT2D eigenvalue weighted by atomic mass is 32.2. The van der Waals surface area contributed by atoms with Gasteiger partial charge in [0.15, 0.2) is 11.5 Å². The van der Waals surface area contributed by atoms with Gasteiger partial charge in [0, 0.05) is 18.1 Å². The van der Waals surface area contributed by atoms with Crippen LogP contribution in [0.1, 0.15) is 64.7 Å². The maximum Gasteiger partial charge on any atom is 0.229 e. The van der Waals surface area contributed by atoms with E-state index in [2.05, 4.69) is 27.7 Å². The van der Waals surface area contributed by atoms with E-state index in [1.807, 2.05) is 0 Å². The molecule has 2 N–H and O–H groups in total. The third kappa shape index (κ3) is 10.6. The first kappa shape index (κ1) is 30.3. The summed E-state index contributed by atoms with van der Waals surface area (Å²) in [5, 5.41) is 18.8. The van der Waals surface area contributed by atoms with Gasteiger partial charge in [-0.15, -0.1) is 0 Å². The minimum absolute atomic E-state index is 0.109. The van der Waals surface area contributed by atoms with Gasteiger partial charge in [-0.3, -0.25) is 9.59 Å². The second-order valence-corrected chi connectivity index (χ2v) is 14.1. The van der Waals surface area contributed by atoms with Crippen molar-refractivity contribution in [3.63, 3.8) is 0 Å². The Morgan fingerprint density at radius 1 is 0.778 bits per heavy atom. The summed E-state index contributed by atoms with van der Waals surface area (Å²) in [6.45, 7) is 8.25. The first-order valence-electron chi connectivity index (χ1n) is 12.1. The van der Waals surface area contributed by atoms with Gasteiger partial charge < -0.3 is 28.2 Å². The maximum atomic E-state index is 12.5. The van der Waals surface area contributed by atoms with Gasteiger partial charge in [0.25, 0.3) is 0 Å². The van der Waals surface area contributed by atoms with Gasteiger partial charge in [0.2, 0.25) is 10.9 Å². The van der Waals surface area contributed by atoms with Gasteiger partial charge in [0.1, 0.15) is 41.3 Å². The number of hydrogen-bond donors (Lipinski definition) is 2. The SMILES string of the molecule is CC(C)(CCc1cc(=O)c(O)co1)CC[S+]([O-])CC[S+]([O-])CCC(C)(C)CCc1cocc(O)c1=O. The molecule has 0 radical (unpaired) electrons. The minimum Gasteiger partial charge on any atom is -0.616 e. The van der Waals surface area contributed by atoms with Crippen LogP contribution in [0, 0.1) is 10.8 Å². The van der Waals surface area contributed by atoms with Crippen LogP contribution in [0.25, 0.3) is 0 Å². The Balaban J connectivity index is 1.67. The molecule has 0 saturated heterocycles. The van der Waals surface area contributed by atoms with Crippen molar-refractivity contribution in [2.75, 3.05) is 23.0 Å². The van der Waals surface area contributed by atoms with E-state index < -0.39 is 44.7 Å². The molecule has 0 bridgehead atoms. The molecule has 2 aromatic rings. The predicted molar refractivity (Wildman–Crippen MR) is 142 cm³/mol. The molecule has 36 heavy (non-hydrogen) atoms. The van der Waals surface area contributed by atoms with E-state index in [-0.39, 0.29) is 10.8 Å². The van der Waals surface area contributed by atoms with Crippen molar-refractivity contribution in [2.24, 2.45) is 10.8 Å². The van der Waals surface area contributed by atoms with Crippen LogP contribution in [0.2, 0.25) is 0 Å². The van der Waals surface area contributed by atoms with Crippen molar-refractivity contribution in [1.82, 2.24) is 0 Å². The standard InChI is InChI=1S/C26H38O8S2/c1-25(2,7-5-19-16-33-17-23(29)24(19)30)9-11-35(31)13-14-36(32)12-10-26(3,4)8-6-20-15-21(27)22(28)18-34-20/h15-18,28-29H,5-14H2,1-4H3. The lowest BCUT2D eigenvalue weighted by molar-refractivity contribution is 0.308. The van der Waals surface area contributed by atoms with Gasteiger partial charge in [-0.25, -0.2) is 0 Å². The minimum atomic E-state index is -1.08. The van der Waals surface area contributed by atoms with Crippen LogP contribution >= 0.6 is 0 Å². The van der Waals surface area contributed by atoms with Crippen LogP contribution in [0.5, 0.6) is 11.5 Å². The molecule has 0 aliphatic carbocycles. The number of aryl methyl sites for hydroxylation is 2. The number of hydrogen-bond acceptors (Lipinski definition) is 8. The normalized spacial score (nSPS) is 14.1. The lowest BCUT2D eigenvalue weighted by Crippen LogP contribution is -2.26. The van der Waals surface area contributed by atoms with Crippen LogP contribution in [0.15, 0.2) is 43.3 Å². The zero-order valence-electron chi connectivity index (χ0n) is 21.5. The fraction of sp³-hybridized carbons (Fsp3) is 0.615. The molecule has 2 heterocycles. The zero-order valence-corrected chi connectivity index (χ0v) is 23.2. The van der Waals surface area contributed by atoms with E-state index in [9.17, 15) is 28.9 Å². The van der Waals surface area contributed by atoms with Crippen LogP contribution in [0.3, 0.4) is 0 Å². The molecular formula is C26H38O8S2. The number of aromatic hydroxyl groups is 2. The highest BCUT2D eigenvalue weighted by molar-refractivity contribution is 7.95. The third-order valence-electron chi connectivity index (χ3n) is 6.45. The fourth-order valence-corrected chi connectivity index (χ4v) is 7.01. The quantitative estimate of drug-likeness (QED) is 0.322. The second-order valence-electron chi connectivity index (χ2n) is 10.7. The Morgan fingerprint density at radius 2 is 1.33 bits per heavy atom. The number of rotatable bonds is 15. The molecule has 10 heteroatoms. The van der Waals surface area contributed by atoms with Crippen molar-refractivity contribution < 1.29 is 28.2 Å². The maximum absolute atomic E-state index is 12.5. The third-order valence-corrected chi connectivity index (χ3v) is 9.35. The largest absolute Gasteiger partial charge is 0.616 e. The van der Waals surface area contributed by atoms with E-state index >= 15 is 0 Å². The average molecular weight is 543 g/mol. The van der Waals surface area contributed by atoms with E-state index in [0.717, 1.165) is 25.4 Å². The molecule has 0 aliphatic rings. The monoisotopic (exact) mass is 542 g/mol. The first-order chi connectivity index (χ1) is 16.8. The summed E-state index contributed by atoms with van der Waals surface area (Å²) in [6, 6.07) is 1.30. The molecule has 202 valence electrons. The smallest absolute Gasteiger partial charge is 0.229 e. The molecule has 8 nitrogen and oxygen atoms in total. The van der Waals surface area contributed by atoms with Crippen molar-refractivity contribution in [2.45, 2.75) is 66.2 Å². The Hall–Kier alpha value is -1.88. The lowest BCUT2D eigenvalue weighted by atomic mass is 9.84. The Morgan fingerprint density at radius 3 is 1.89 bits per heavy atom. The molecule has 0 saturated carbocycles. The van der Waals surface area contributed by atoms with Gasteiger partial charge in [-0.2, -0.15) is 0 Å². The summed E-state index contributed by atoms with van der Waals surface area (Å²) in [5.74, 6) is 1.50.